The molecule has 2 bridgehead atoms. The molecule has 2 aliphatic rings. The van der Waals surface area contributed by atoms with Gasteiger partial charge in [0.2, 0.25) is 0 Å². The molecule has 0 saturated carbocycles. The van der Waals surface area contributed by atoms with E-state index in [-0.39, 0.29) is 5.91 Å². The molecule has 0 aliphatic carbocycles. The van der Waals surface area contributed by atoms with Crippen LogP contribution < -0.4 is 20.3 Å². The lowest BCUT2D eigenvalue weighted by Gasteiger charge is -2.36. The molecule has 0 aromatic carbocycles. The second kappa shape index (κ2) is 7.56. The van der Waals surface area contributed by atoms with E-state index in [0.29, 0.717) is 35.8 Å². The number of piperazine rings is 1. The summed E-state index contributed by atoms with van der Waals surface area (Å²) in [5.41, 5.74) is 2.04. The molecule has 1 amide bonds. The van der Waals surface area contributed by atoms with Crippen molar-refractivity contribution in [1.82, 2.24) is 24.7 Å². The highest BCUT2D eigenvalue weighted by atomic mass is 16.5. The molecule has 5 heterocycles. The second-order valence-electron chi connectivity index (χ2n) is 7.80. The number of imidazole rings is 1. The summed E-state index contributed by atoms with van der Waals surface area (Å²) in [6.07, 6.45) is 9.32. The number of fused-ring (bicyclic) bond motifs is 3. The predicted molar refractivity (Wildman–Crippen MR) is 113 cm³/mol. The smallest absolute Gasteiger partial charge is 0.262 e. The Morgan fingerprint density at radius 2 is 2.03 bits per heavy atom. The third-order valence-corrected chi connectivity index (χ3v) is 5.74. The molecule has 0 radical (unpaired) electrons. The highest BCUT2D eigenvalue weighted by molar-refractivity contribution is 6.05. The van der Waals surface area contributed by atoms with Gasteiger partial charge in [0, 0.05) is 43.6 Å². The summed E-state index contributed by atoms with van der Waals surface area (Å²) in [6, 6.07) is 2.72. The number of aromatic nitrogens is 4. The van der Waals surface area contributed by atoms with Crippen LogP contribution in [0.1, 0.15) is 35.8 Å². The first-order chi connectivity index (χ1) is 14.6. The average molecular weight is 407 g/mol. The minimum absolute atomic E-state index is 0.295. The van der Waals surface area contributed by atoms with Gasteiger partial charge in [0.15, 0.2) is 5.82 Å². The molecule has 2 unspecified atom stereocenters. The minimum atomic E-state index is -0.295. The molecule has 2 N–H and O–H groups in total. The van der Waals surface area contributed by atoms with Crippen LogP contribution in [0.2, 0.25) is 0 Å². The number of carbonyl (C=O) groups is 1. The summed E-state index contributed by atoms with van der Waals surface area (Å²) >= 11 is 0. The molecule has 2 saturated heterocycles. The molecular formula is C21H25N7O2. The van der Waals surface area contributed by atoms with Crippen LogP contribution in [0, 0.1) is 6.92 Å². The van der Waals surface area contributed by atoms with E-state index in [0.717, 1.165) is 30.2 Å². The van der Waals surface area contributed by atoms with Crippen LogP contribution in [-0.2, 0) is 0 Å². The van der Waals surface area contributed by atoms with Crippen molar-refractivity contribution in [3.8, 4) is 5.75 Å². The van der Waals surface area contributed by atoms with Crippen molar-refractivity contribution in [2.24, 2.45) is 0 Å². The van der Waals surface area contributed by atoms with Crippen molar-refractivity contribution in [2.45, 2.75) is 38.8 Å². The zero-order valence-corrected chi connectivity index (χ0v) is 17.1. The number of ether oxygens (including phenoxy) is 1. The molecule has 9 nitrogen and oxygen atoms in total. The maximum absolute atomic E-state index is 12.9. The van der Waals surface area contributed by atoms with Crippen LogP contribution in [-0.4, -0.2) is 57.0 Å². The highest BCUT2D eigenvalue weighted by Gasteiger charge is 2.37. The van der Waals surface area contributed by atoms with Crippen molar-refractivity contribution in [2.75, 3.05) is 29.9 Å². The van der Waals surface area contributed by atoms with Crippen LogP contribution in [0.25, 0.3) is 5.65 Å². The maximum atomic E-state index is 12.9. The van der Waals surface area contributed by atoms with Crippen molar-refractivity contribution in [3.63, 3.8) is 0 Å². The minimum Gasteiger partial charge on any atom is -0.493 e. The van der Waals surface area contributed by atoms with E-state index in [9.17, 15) is 4.79 Å². The summed E-state index contributed by atoms with van der Waals surface area (Å²) in [5.74, 6) is 1.48. The van der Waals surface area contributed by atoms with E-state index in [1.54, 1.807) is 24.7 Å². The van der Waals surface area contributed by atoms with Gasteiger partial charge in [-0.25, -0.2) is 15.0 Å². The summed E-state index contributed by atoms with van der Waals surface area (Å²) in [6.45, 7) is 6.21. The number of aryl methyl sites for hydroxylation is 1. The first kappa shape index (κ1) is 18.8. The van der Waals surface area contributed by atoms with Gasteiger partial charge < -0.3 is 24.7 Å². The van der Waals surface area contributed by atoms with E-state index in [1.165, 1.54) is 12.8 Å². The standard InChI is InChI=1S/C21H25N7O2/c1-3-30-17-6-19-25-13(2)11-27(19)12-16(17)21(29)26-18-9-24-20(10-23-18)28-14-4-5-15(28)8-22-7-14/h6,9-12,14-15,22H,3-5,7-8H2,1-2H3,(H,23,26,29). The van der Waals surface area contributed by atoms with Crippen LogP contribution in [0.4, 0.5) is 11.6 Å². The lowest BCUT2D eigenvalue weighted by Crippen LogP contribution is -2.52. The molecule has 156 valence electrons. The lowest BCUT2D eigenvalue weighted by atomic mass is 10.2. The monoisotopic (exact) mass is 407 g/mol. The molecule has 5 rings (SSSR count). The Morgan fingerprint density at radius 1 is 1.23 bits per heavy atom. The number of carbonyl (C=O) groups excluding carboxylic acids is 1. The molecule has 2 atom stereocenters. The van der Waals surface area contributed by atoms with E-state index in [2.05, 4.69) is 30.5 Å². The zero-order chi connectivity index (χ0) is 20.7. The largest absolute Gasteiger partial charge is 0.493 e. The fourth-order valence-electron chi connectivity index (χ4n) is 4.44. The molecular weight excluding hydrogens is 382 g/mol. The normalized spacial score (nSPS) is 20.5. The Bertz CT molecular complexity index is 1060. The van der Waals surface area contributed by atoms with Gasteiger partial charge in [0.05, 0.1) is 30.3 Å². The molecule has 2 aliphatic heterocycles. The fraction of sp³-hybridized carbons (Fsp3) is 0.429. The third kappa shape index (κ3) is 3.35. The number of hydrogen-bond donors (Lipinski definition) is 2. The average Bonchev–Trinajstić information content (AvgIpc) is 3.22. The van der Waals surface area contributed by atoms with Gasteiger partial charge in [0.1, 0.15) is 17.2 Å². The van der Waals surface area contributed by atoms with Crippen molar-refractivity contribution in [1.29, 1.82) is 0 Å². The zero-order valence-electron chi connectivity index (χ0n) is 17.1. The molecule has 9 heteroatoms. The Kier molecular flexibility index (Phi) is 4.74. The fourth-order valence-corrected chi connectivity index (χ4v) is 4.44. The van der Waals surface area contributed by atoms with Gasteiger partial charge in [-0.3, -0.25) is 4.79 Å². The predicted octanol–water partition coefficient (Wildman–Crippen LogP) is 2.02. The summed E-state index contributed by atoms with van der Waals surface area (Å²) in [7, 11) is 0. The molecule has 2 fully saturated rings. The topological polar surface area (TPSA) is 96.7 Å². The molecule has 3 aromatic heterocycles. The van der Waals surface area contributed by atoms with Crippen molar-refractivity contribution in [3.05, 3.63) is 42.1 Å². The second-order valence-corrected chi connectivity index (χ2v) is 7.80. The van der Waals surface area contributed by atoms with E-state index in [1.807, 2.05) is 24.4 Å². The summed E-state index contributed by atoms with van der Waals surface area (Å²) in [4.78, 5) is 28.8. The number of rotatable bonds is 5. The number of pyridine rings is 1. The lowest BCUT2D eigenvalue weighted by molar-refractivity contribution is 0.102. The number of hydrogen-bond acceptors (Lipinski definition) is 7. The Hall–Kier alpha value is -3.20. The van der Waals surface area contributed by atoms with Crippen LogP contribution in [0.5, 0.6) is 5.75 Å². The first-order valence-corrected chi connectivity index (χ1v) is 10.4. The molecule has 3 aromatic rings. The number of nitrogens with zero attached hydrogens (tertiary/aromatic N) is 5. The van der Waals surface area contributed by atoms with Gasteiger partial charge in [-0.05, 0) is 26.7 Å². The Balaban J connectivity index is 1.37. The van der Waals surface area contributed by atoms with Gasteiger partial charge in [-0.15, -0.1) is 0 Å². The SMILES string of the molecule is CCOc1cc2nc(C)cn2cc1C(=O)Nc1cnc(N2C3CCC2CNC3)cn1. The number of anilines is 2. The van der Waals surface area contributed by atoms with Gasteiger partial charge in [-0.2, -0.15) is 0 Å². The summed E-state index contributed by atoms with van der Waals surface area (Å²) < 4.78 is 7.50. The van der Waals surface area contributed by atoms with Crippen molar-refractivity contribution >= 4 is 23.2 Å². The number of nitrogens with one attached hydrogen (secondary N) is 2. The quantitative estimate of drug-likeness (QED) is 0.668. The van der Waals surface area contributed by atoms with Crippen molar-refractivity contribution < 1.29 is 9.53 Å². The first-order valence-electron chi connectivity index (χ1n) is 10.4. The molecule has 30 heavy (non-hydrogen) atoms. The van der Waals surface area contributed by atoms with Crippen LogP contribution >= 0.6 is 0 Å². The maximum Gasteiger partial charge on any atom is 0.262 e. The van der Waals surface area contributed by atoms with Gasteiger partial charge in [-0.1, -0.05) is 0 Å². The van der Waals surface area contributed by atoms with E-state index >= 15 is 0 Å². The molecule has 0 spiro atoms. The Labute approximate surface area is 174 Å². The highest BCUT2D eigenvalue weighted by Crippen LogP contribution is 2.31. The van der Waals surface area contributed by atoms with Gasteiger partial charge >= 0.3 is 0 Å². The van der Waals surface area contributed by atoms with Gasteiger partial charge in [0.25, 0.3) is 5.91 Å². The van der Waals surface area contributed by atoms with E-state index < -0.39 is 0 Å². The number of amides is 1. The van der Waals surface area contributed by atoms with Crippen LogP contribution in [0.3, 0.4) is 0 Å². The Morgan fingerprint density at radius 3 is 2.73 bits per heavy atom. The summed E-state index contributed by atoms with van der Waals surface area (Å²) in [5, 5.41) is 6.31. The third-order valence-electron chi connectivity index (χ3n) is 5.74. The van der Waals surface area contributed by atoms with Crippen LogP contribution in [0.15, 0.2) is 30.9 Å². The van der Waals surface area contributed by atoms with E-state index in [4.69, 9.17) is 4.74 Å².